The summed E-state index contributed by atoms with van der Waals surface area (Å²) >= 11 is 0. The van der Waals surface area contributed by atoms with Gasteiger partial charge in [-0.3, -0.25) is 0 Å². The van der Waals surface area contributed by atoms with Crippen molar-refractivity contribution in [2.45, 2.75) is 58.6 Å². The summed E-state index contributed by atoms with van der Waals surface area (Å²) in [4.78, 5) is 0. The highest BCUT2D eigenvalue weighted by molar-refractivity contribution is 4.90. The Morgan fingerprint density at radius 3 is 2.20 bits per heavy atom. The molecule has 3 heteroatoms. The van der Waals surface area contributed by atoms with Gasteiger partial charge in [0.05, 0.1) is 5.60 Å². The fraction of sp³-hybridized carbons (Fsp3) is 1.00. The first-order chi connectivity index (χ1) is 6.81. The van der Waals surface area contributed by atoms with Crippen LogP contribution in [0, 0.1) is 5.41 Å². The second kappa shape index (κ2) is 5.83. The first-order valence-electron chi connectivity index (χ1n) is 5.73. The summed E-state index contributed by atoms with van der Waals surface area (Å²) in [5.41, 5.74) is 5.90. The van der Waals surface area contributed by atoms with E-state index in [4.69, 9.17) is 15.6 Å². The van der Waals surface area contributed by atoms with E-state index in [-0.39, 0.29) is 23.7 Å². The van der Waals surface area contributed by atoms with Crippen LogP contribution in [0.1, 0.15) is 47.0 Å². The number of nitrogens with two attached hydrogens (primary N) is 1. The number of hydrogen-bond donors (Lipinski definition) is 2. The van der Waals surface area contributed by atoms with Crippen molar-refractivity contribution in [2.75, 3.05) is 13.7 Å². The minimum Gasteiger partial charge on any atom is -0.396 e. The predicted molar refractivity (Wildman–Crippen MR) is 63.8 cm³/mol. The molecule has 0 saturated heterocycles. The molecule has 0 aliphatic heterocycles. The van der Waals surface area contributed by atoms with E-state index in [0.717, 1.165) is 19.3 Å². The molecule has 2 unspecified atom stereocenters. The molecule has 0 rings (SSSR count). The summed E-state index contributed by atoms with van der Waals surface area (Å²) < 4.78 is 5.44. The number of methoxy groups -OCH3 is 1. The van der Waals surface area contributed by atoms with Crippen LogP contribution in [0.15, 0.2) is 0 Å². The Labute approximate surface area is 94.0 Å². The van der Waals surface area contributed by atoms with E-state index in [2.05, 4.69) is 27.7 Å². The maximum absolute atomic E-state index is 9.12. The van der Waals surface area contributed by atoms with Crippen LogP contribution in [-0.2, 0) is 4.74 Å². The highest BCUT2D eigenvalue weighted by Crippen LogP contribution is 2.36. The van der Waals surface area contributed by atoms with Crippen molar-refractivity contribution < 1.29 is 9.84 Å². The van der Waals surface area contributed by atoms with Crippen LogP contribution in [-0.4, -0.2) is 30.5 Å². The van der Waals surface area contributed by atoms with Crippen LogP contribution in [0.3, 0.4) is 0 Å². The molecule has 0 aromatic carbocycles. The van der Waals surface area contributed by atoms with Gasteiger partial charge in [0.2, 0.25) is 0 Å². The molecule has 0 spiro atoms. The topological polar surface area (TPSA) is 55.5 Å². The van der Waals surface area contributed by atoms with E-state index in [9.17, 15) is 0 Å². The first-order valence-corrected chi connectivity index (χ1v) is 5.73. The van der Waals surface area contributed by atoms with Gasteiger partial charge < -0.3 is 15.6 Å². The van der Waals surface area contributed by atoms with Crippen LogP contribution >= 0.6 is 0 Å². The third-order valence-electron chi connectivity index (χ3n) is 3.40. The molecule has 0 bridgehead atoms. The van der Waals surface area contributed by atoms with Gasteiger partial charge in [-0.05, 0) is 38.5 Å². The maximum Gasteiger partial charge on any atom is 0.0628 e. The Hall–Kier alpha value is -0.120. The Balaban J connectivity index is 4.64. The SMILES string of the molecule is CCC(N)C(C)(CCO)CC(C)(C)OC. The number of aliphatic hydroxyl groups is 1. The van der Waals surface area contributed by atoms with Gasteiger partial charge in [-0.15, -0.1) is 0 Å². The van der Waals surface area contributed by atoms with Crippen LogP contribution in [0.25, 0.3) is 0 Å². The minimum absolute atomic E-state index is 0.0526. The van der Waals surface area contributed by atoms with Crippen LogP contribution in [0.4, 0.5) is 0 Å². The Bertz CT molecular complexity index is 182. The summed E-state index contributed by atoms with van der Waals surface area (Å²) in [5, 5.41) is 9.12. The molecular weight excluding hydrogens is 190 g/mol. The van der Waals surface area contributed by atoms with Gasteiger partial charge >= 0.3 is 0 Å². The van der Waals surface area contributed by atoms with E-state index in [1.165, 1.54) is 0 Å². The van der Waals surface area contributed by atoms with Crippen molar-refractivity contribution >= 4 is 0 Å². The third-order valence-corrected chi connectivity index (χ3v) is 3.40. The normalized spacial score (nSPS) is 18.6. The van der Waals surface area contributed by atoms with Gasteiger partial charge in [-0.2, -0.15) is 0 Å². The van der Waals surface area contributed by atoms with Crippen molar-refractivity contribution in [2.24, 2.45) is 11.1 Å². The van der Waals surface area contributed by atoms with Crippen LogP contribution < -0.4 is 5.73 Å². The minimum atomic E-state index is -0.184. The zero-order chi connectivity index (χ0) is 12.1. The molecule has 0 fully saturated rings. The summed E-state index contributed by atoms with van der Waals surface area (Å²) in [7, 11) is 1.72. The summed E-state index contributed by atoms with van der Waals surface area (Å²) in [5.74, 6) is 0. The van der Waals surface area contributed by atoms with E-state index in [1.54, 1.807) is 7.11 Å². The van der Waals surface area contributed by atoms with Gasteiger partial charge in [0.25, 0.3) is 0 Å². The average Bonchev–Trinajstić information content (AvgIpc) is 2.16. The third kappa shape index (κ3) is 4.49. The molecule has 0 aliphatic carbocycles. The molecule has 2 atom stereocenters. The molecule has 92 valence electrons. The molecule has 0 aromatic rings. The zero-order valence-corrected chi connectivity index (χ0v) is 10.8. The Morgan fingerprint density at radius 2 is 1.87 bits per heavy atom. The fourth-order valence-electron chi connectivity index (χ4n) is 2.20. The standard InChI is InChI=1S/C12H27NO2/c1-6-10(13)12(4,7-8-14)9-11(2,3)15-5/h10,14H,6-9,13H2,1-5H3. The number of rotatable bonds is 7. The van der Waals surface area contributed by atoms with Crippen molar-refractivity contribution in [3.05, 3.63) is 0 Å². The molecule has 0 heterocycles. The number of hydrogen-bond acceptors (Lipinski definition) is 3. The lowest BCUT2D eigenvalue weighted by molar-refractivity contribution is -0.0289. The largest absolute Gasteiger partial charge is 0.396 e. The van der Waals surface area contributed by atoms with Crippen LogP contribution in [0.5, 0.6) is 0 Å². The lowest BCUT2D eigenvalue weighted by atomic mass is 9.71. The molecule has 3 nitrogen and oxygen atoms in total. The van der Waals surface area contributed by atoms with Crippen molar-refractivity contribution in [3.8, 4) is 0 Å². The summed E-state index contributed by atoms with van der Waals surface area (Å²) in [6.45, 7) is 8.53. The smallest absolute Gasteiger partial charge is 0.0628 e. The quantitative estimate of drug-likeness (QED) is 0.685. The van der Waals surface area contributed by atoms with E-state index >= 15 is 0 Å². The molecule has 3 N–H and O–H groups in total. The van der Waals surface area contributed by atoms with E-state index in [0.29, 0.717) is 0 Å². The maximum atomic E-state index is 9.12. The second-order valence-corrected chi connectivity index (χ2v) is 5.28. The molecule has 0 aromatic heterocycles. The van der Waals surface area contributed by atoms with Crippen LogP contribution in [0.2, 0.25) is 0 Å². The highest BCUT2D eigenvalue weighted by Gasteiger charge is 2.36. The number of aliphatic hydroxyl groups excluding tert-OH is 1. The lowest BCUT2D eigenvalue weighted by Gasteiger charge is -2.40. The molecular formula is C12H27NO2. The van der Waals surface area contributed by atoms with Gasteiger partial charge in [0.1, 0.15) is 0 Å². The summed E-state index contributed by atoms with van der Waals surface area (Å²) in [6.07, 6.45) is 2.52. The van der Waals surface area contributed by atoms with Gasteiger partial charge in [-0.25, -0.2) is 0 Å². The van der Waals surface area contributed by atoms with Gasteiger partial charge in [0, 0.05) is 19.8 Å². The molecule has 0 saturated carbocycles. The Morgan fingerprint density at radius 1 is 1.33 bits per heavy atom. The first kappa shape index (κ1) is 14.9. The predicted octanol–water partition coefficient (Wildman–Crippen LogP) is 1.93. The monoisotopic (exact) mass is 217 g/mol. The van der Waals surface area contributed by atoms with Crippen molar-refractivity contribution in [1.82, 2.24) is 0 Å². The molecule has 15 heavy (non-hydrogen) atoms. The van der Waals surface area contributed by atoms with Crippen molar-refractivity contribution in [1.29, 1.82) is 0 Å². The average molecular weight is 217 g/mol. The molecule has 0 radical (unpaired) electrons. The Kier molecular flexibility index (Phi) is 5.78. The second-order valence-electron chi connectivity index (χ2n) is 5.28. The van der Waals surface area contributed by atoms with Gasteiger partial charge in [-0.1, -0.05) is 13.8 Å². The fourth-order valence-corrected chi connectivity index (χ4v) is 2.20. The summed E-state index contributed by atoms with van der Waals surface area (Å²) in [6, 6.07) is 0.110. The van der Waals surface area contributed by atoms with E-state index in [1.807, 2.05) is 0 Å². The molecule has 0 aliphatic rings. The van der Waals surface area contributed by atoms with Gasteiger partial charge in [0.15, 0.2) is 0 Å². The van der Waals surface area contributed by atoms with E-state index < -0.39 is 0 Å². The highest BCUT2D eigenvalue weighted by atomic mass is 16.5. The lowest BCUT2D eigenvalue weighted by Crippen LogP contribution is -2.45. The molecule has 0 amide bonds. The zero-order valence-electron chi connectivity index (χ0n) is 10.8. The van der Waals surface area contributed by atoms with Crippen molar-refractivity contribution in [3.63, 3.8) is 0 Å². The number of ether oxygens (including phenoxy) is 1.